The van der Waals surface area contributed by atoms with Crippen molar-refractivity contribution in [2.75, 3.05) is 0 Å². The molecule has 2 nitrogen and oxygen atoms in total. The van der Waals surface area contributed by atoms with Crippen LogP contribution in [0.4, 0.5) is 0 Å². The van der Waals surface area contributed by atoms with E-state index < -0.39 is 0 Å². The Bertz CT molecular complexity index is 168. The third kappa shape index (κ3) is 1.43. The van der Waals surface area contributed by atoms with Crippen molar-refractivity contribution in [3.63, 3.8) is 0 Å². The smallest absolute Gasteiger partial charge is 0.0411 e. The van der Waals surface area contributed by atoms with Crippen molar-refractivity contribution in [2.45, 2.75) is 27.2 Å². The van der Waals surface area contributed by atoms with Gasteiger partial charge in [0.15, 0.2) is 0 Å². The van der Waals surface area contributed by atoms with Crippen LogP contribution < -0.4 is 0 Å². The summed E-state index contributed by atoms with van der Waals surface area (Å²) in [7, 11) is 0. The molecular weight excluding hydrogens is 124 g/mol. The molecular formula is C8H14N2. The van der Waals surface area contributed by atoms with Gasteiger partial charge in [0.25, 0.3) is 0 Å². The summed E-state index contributed by atoms with van der Waals surface area (Å²) in [6.45, 7) is 6.51. The molecule has 0 amide bonds. The van der Waals surface area contributed by atoms with E-state index >= 15 is 0 Å². The van der Waals surface area contributed by atoms with Crippen molar-refractivity contribution < 1.29 is 0 Å². The first-order valence-corrected chi connectivity index (χ1v) is 3.78. The van der Waals surface area contributed by atoms with E-state index in [0.717, 1.165) is 6.42 Å². The largest absolute Gasteiger partial charge is 0.164 e. The molecule has 0 radical (unpaired) electrons. The summed E-state index contributed by atoms with van der Waals surface area (Å²) >= 11 is 0. The second-order valence-electron chi connectivity index (χ2n) is 3.13. The van der Waals surface area contributed by atoms with Gasteiger partial charge in [0, 0.05) is 17.8 Å². The zero-order valence-electron chi connectivity index (χ0n) is 6.83. The van der Waals surface area contributed by atoms with Crippen LogP contribution in [-0.4, -0.2) is 11.9 Å². The van der Waals surface area contributed by atoms with E-state index in [2.05, 4.69) is 31.0 Å². The molecule has 1 unspecified atom stereocenters. The standard InChI is InChI=1S/C8H14N2/c1-6(2)8-4-5-9-10-7(8)3/h5-6,8H,4H2,1-3H3. The lowest BCUT2D eigenvalue weighted by Gasteiger charge is -2.19. The first-order valence-electron chi connectivity index (χ1n) is 3.78. The topological polar surface area (TPSA) is 24.7 Å². The van der Waals surface area contributed by atoms with Gasteiger partial charge in [0.2, 0.25) is 0 Å². The van der Waals surface area contributed by atoms with Crippen molar-refractivity contribution in [3.05, 3.63) is 0 Å². The minimum absolute atomic E-state index is 0.623. The van der Waals surface area contributed by atoms with Gasteiger partial charge in [-0.1, -0.05) is 13.8 Å². The Morgan fingerprint density at radius 3 is 2.70 bits per heavy atom. The van der Waals surface area contributed by atoms with Gasteiger partial charge < -0.3 is 0 Å². The Morgan fingerprint density at radius 1 is 1.60 bits per heavy atom. The summed E-state index contributed by atoms with van der Waals surface area (Å²) in [6, 6.07) is 0. The third-order valence-corrected chi connectivity index (χ3v) is 2.00. The summed E-state index contributed by atoms with van der Waals surface area (Å²) in [5.74, 6) is 1.31. The molecule has 0 saturated heterocycles. The highest BCUT2D eigenvalue weighted by Gasteiger charge is 2.17. The maximum atomic E-state index is 4.02. The molecule has 0 aromatic heterocycles. The molecule has 0 saturated carbocycles. The summed E-state index contributed by atoms with van der Waals surface area (Å²) < 4.78 is 0. The lowest BCUT2D eigenvalue weighted by molar-refractivity contribution is 0.503. The Hall–Kier alpha value is -0.660. The maximum absolute atomic E-state index is 4.02. The van der Waals surface area contributed by atoms with Crippen LogP contribution in [0, 0.1) is 11.8 Å². The maximum Gasteiger partial charge on any atom is 0.0411 e. The summed E-state index contributed by atoms with van der Waals surface area (Å²) in [6.07, 6.45) is 2.96. The molecule has 1 atom stereocenters. The normalized spacial score (nSPS) is 25.2. The third-order valence-electron chi connectivity index (χ3n) is 2.00. The lowest BCUT2D eigenvalue weighted by atomic mass is 9.89. The fraction of sp³-hybridized carbons (Fsp3) is 0.750. The number of hydrogen-bond donors (Lipinski definition) is 0. The minimum atomic E-state index is 0.623. The average molecular weight is 138 g/mol. The molecule has 2 heteroatoms. The van der Waals surface area contributed by atoms with Gasteiger partial charge in [0.05, 0.1) is 0 Å². The molecule has 0 aromatic rings. The van der Waals surface area contributed by atoms with Crippen LogP contribution in [0.15, 0.2) is 10.2 Å². The Balaban J connectivity index is 2.64. The monoisotopic (exact) mass is 138 g/mol. The molecule has 1 heterocycles. The van der Waals surface area contributed by atoms with Crippen LogP contribution in [0.5, 0.6) is 0 Å². The number of nitrogens with zero attached hydrogens (tertiary/aromatic N) is 2. The van der Waals surface area contributed by atoms with E-state index in [1.807, 2.05) is 6.21 Å². The van der Waals surface area contributed by atoms with Gasteiger partial charge in [-0.15, -0.1) is 0 Å². The first kappa shape index (κ1) is 7.45. The molecule has 1 aliphatic rings. The van der Waals surface area contributed by atoms with Gasteiger partial charge in [0.1, 0.15) is 0 Å². The molecule has 1 aliphatic heterocycles. The molecule has 0 spiro atoms. The van der Waals surface area contributed by atoms with Gasteiger partial charge in [-0.3, -0.25) is 0 Å². The van der Waals surface area contributed by atoms with Crippen molar-refractivity contribution in [2.24, 2.45) is 22.0 Å². The quantitative estimate of drug-likeness (QED) is 0.530. The molecule has 10 heavy (non-hydrogen) atoms. The van der Waals surface area contributed by atoms with Crippen LogP contribution >= 0.6 is 0 Å². The van der Waals surface area contributed by atoms with Crippen LogP contribution in [0.3, 0.4) is 0 Å². The first-order chi connectivity index (χ1) is 4.72. The van der Waals surface area contributed by atoms with E-state index in [-0.39, 0.29) is 0 Å². The van der Waals surface area contributed by atoms with Gasteiger partial charge in [-0.2, -0.15) is 10.2 Å². The Morgan fingerprint density at radius 2 is 2.30 bits per heavy atom. The van der Waals surface area contributed by atoms with Gasteiger partial charge in [-0.05, 0) is 19.3 Å². The molecule has 0 fully saturated rings. The molecule has 0 N–H and O–H groups in total. The van der Waals surface area contributed by atoms with Crippen molar-refractivity contribution in [1.82, 2.24) is 0 Å². The lowest BCUT2D eigenvalue weighted by Crippen LogP contribution is -2.20. The Kier molecular flexibility index (Phi) is 2.20. The second-order valence-corrected chi connectivity index (χ2v) is 3.13. The molecule has 56 valence electrons. The summed E-state index contributed by atoms with van der Waals surface area (Å²) in [4.78, 5) is 0. The minimum Gasteiger partial charge on any atom is -0.164 e. The predicted molar refractivity (Wildman–Crippen MR) is 44.5 cm³/mol. The number of rotatable bonds is 1. The van der Waals surface area contributed by atoms with Crippen molar-refractivity contribution in [3.8, 4) is 0 Å². The van der Waals surface area contributed by atoms with Crippen LogP contribution in [0.25, 0.3) is 0 Å². The van der Waals surface area contributed by atoms with E-state index in [1.54, 1.807) is 0 Å². The average Bonchev–Trinajstić information content (AvgIpc) is 1.88. The summed E-state index contributed by atoms with van der Waals surface area (Å²) in [5, 5.41) is 7.87. The second kappa shape index (κ2) is 2.95. The molecule has 0 aliphatic carbocycles. The highest BCUT2D eigenvalue weighted by molar-refractivity contribution is 5.88. The zero-order valence-corrected chi connectivity index (χ0v) is 6.83. The van der Waals surface area contributed by atoms with Crippen LogP contribution in [0.1, 0.15) is 27.2 Å². The highest BCUT2D eigenvalue weighted by atomic mass is 15.2. The Labute approximate surface area is 62.0 Å². The van der Waals surface area contributed by atoms with Crippen molar-refractivity contribution >= 4 is 11.9 Å². The van der Waals surface area contributed by atoms with E-state index in [1.165, 1.54) is 5.71 Å². The molecule has 0 aromatic carbocycles. The van der Waals surface area contributed by atoms with E-state index in [9.17, 15) is 0 Å². The van der Waals surface area contributed by atoms with Crippen LogP contribution in [-0.2, 0) is 0 Å². The van der Waals surface area contributed by atoms with Gasteiger partial charge >= 0.3 is 0 Å². The van der Waals surface area contributed by atoms with Crippen molar-refractivity contribution in [1.29, 1.82) is 0 Å². The predicted octanol–water partition coefficient (Wildman–Crippen LogP) is 2.11. The SMILES string of the molecule is CC1=NN=CCC1C(C)C. The highest BCUT2D eigenvalue weighted by Crippen LogP contribution is 2.18. The fourth-order valence-electron chi connectivity index (χ4n) is 1.29. The summed E-state index contributed by atoms with van der Waals surface area (Å²) in [5.41, 5.74) is 1.18. The molecule has 1 rings (SSSR count). The van der Waals surface area contributed by atoms with E-state index in [0.29, 0.717) is 11.8 Å². The fourth-order valence-corrected chi connectivity index (χ4v) is 1.29. The zero-order chi connectivity index (χ0) is 7.56. The molecule has 0 bridgehead atoms. The van der Waals surface area contributed by atoms with Crippen LogP contribution in [0.2, 0.25) is 0 Å². The van der Waals surface area contributed by atoms with Gasteiger partial charge in [-0.25, -0.2) is 0 Å². The van der Waals surface area contributed by atoms with E-state index in [4.69, 9.17) is 0 Å². The number of hydrogen-bond acceptors (Lipinski definition) is 2.